The molecule has 0 bridgehead atoms. The van der Waals surface area contributed by atoms with Gasteiger partial charge in [-0.05, 0) is 24.4 Å². The summed E-state index contributed by atoms with van der Waals surface area (Å²) in [6.45, 7) is 2.08. The largest absolute Gasteiger partial charge is 0.466 e. The Bertz CT molecular complexity index is 608. The highest BCUT2D eigenvalue weighted by Gasteiger charge is 2.11. The molecule has 1 aromatic heterocycles. The Labute approximate surface area is 127 Å². The molecule has 1 amide bonds. The molecule has 4 nitrogen and oxygen atoms in total. The van der Waals surface area contributed by atoms with E-state index in [-0.39, 0.29) is 24.7 Å². The van der Waals surface area contributed by atoms with E-state index in [1.54, 1.807) is 18.3 Å². The number of carbonyl (C=O) groups is 2. The van der Waals surface area contributed by atoms with E-state index in [9.17, 15) is 9.59 Å². The third kappa shape index (κ3) is 4.43. The first-order valence-electron chi connectivity index (χ1n) is 6.79. The van der Waals surface area contributed by atoms with Crippen LogP contribution in [0.25, 0.3) is 10.4 Å². The second kappa shape index (κ2) is 7.59. The molecule has 1 N–H and O–H groups in total. The summed E-state index contributed by atoms with van der Waals surface area (Å²) in [6.07, 6.45) is 0.221. The number of hydrogen-bond donors (Lipinski definition) is 1. The molecular weight excluding hydrogens is 286 g/mol. The topological polar surface area (TPSA) is 55.4 Å². The fourth-order valence-electron chi connectivity index (χ4n) is 1.90. The van der Waals surface area contributed by atoms with Crippen LogP contribution in [-0.4, -0.2) is 18.5 Å². The SMILES string of the molecule is CCOC(=O)CCC(=O)Nc1ccccc1-c1cccs1. The maximum Gasteiger partial charge on any atom is 0.306 e. The van der Waals surface area contributed by atoms with Gasteiger partial charge < -0.3 is 10.1 Å². The van der Waals surface area contributed by atoms with Crippen molar-refractivity contribution < 1.29 is 14.3 Å². The molecule has 2 rings (SSSR count). The fourth-order valence-corrected chi connectivity index (χ4v) is 2.67. The molecule has 0 radical (unpaired) electrons. The van der Waals surface area contributed by atoms with Crippen molar-refractivity contribution in [2.45, 2.75) is 19.8 Å². The van der Waals surface area contributed by atoms with Crippen LogP contribution in [0.15, 0.2) is 41.8 Å². The molecular formula is C16H17NO3S. The minimum absolute atomic E-state index is 0.0981. The van der Waals surface area contributed by atoms with Crippen LogP contribution in [0.3, 0.4) is 0 Å². The third-order valence-electron chi connectivity index (χ3n) is 2.85. The first-order valence-corrected chi connectivity index (χ1v) is 7.67. The van der Waals surface area contributed by atoms with Gasteiger partial charge >= 0.3 is 5.97 Å². The summed E-state index contributed by atoms with van der Waals surface area (Å²) in [5.41, 5.74) is 1.74. The van der Waals surface area contributed by atoms with E-state index in [2.05, 4.69) is 5.32 Å². The Morgan fingerprint density at radius 1 is 1.14 bits per heavy atom. The van der Waals surface area contributed by atoms with Crippen LogP contribution in [0.4, 0.5) is 5.69 Å². The summed E-state index contributed by atoms with van der Waals surface area (Å²) < 4.78 is 4.81. The number of ether oxygens (including phenoxy) is 1. The van der Waals surface area contributed by atoms with E-state index in [4.69, 9.17) is 4.74 Å². The maximum absolute atomic E-state index is 11.9. The number of benzene rings is 1. The zero-order valence-corrected chi connectivity index (χ0v) is 12.6. The monoisotopic (exact) mass is 303 g/mol. The zero-order valence-electron chi connectivity index (χ0n) is 11.8. The first-order chi connectivity index (χ1) is 10.2. The van der Waals surface area contributed by atoms with Gasteiger partial charge in [-0.2, -0.15) is 0 Å². The summed E-state index contributed by atoms with van der Waals surface area (Å²) in [5, 5.41) is 4.85. The molecule has 1 heterocycles. The zero-order chi connectivity index (χ0) is 15.1. The minimum Gasteiger partial charge on any atom is -0.466 e. The highest BCUT2D eigenvalue weighted by atomic mass is 32.1. The van der Waals surface area contributed by atoms with Crippen LogP contribution in [0.5, 0.6) is 0 Å². The molecule has 110 valence electrons. The summed E-state index contributed by atoms with van der Waals surface area (Å²) in [6, 6.07) is 11.6. The van der Waals surface area contributed by atoms with Crippen LogP contribution in [-0.2, 0) is 14.3 Å². The van der Waals surface area contributed by atoms with E-state index in [1.807, 2.05) is 41.8 Å². The van der Waals surface area contributed by atoms with Crippen molar-refractivity contribution in [2.24, 2.45) is 0 Å². The molecule has 0 fully saturated rings. The highest BCUT2D eigenvalue weighted by Crippen LogP contribution is 2.31. The number of esters is 1. The number of para-hydroxylation sites is 1. The highest BCUT2D eigenvalue weighted by molar-refractivity contribution is 7.13. The van der Waals surface area contributed by atoms with Crippen molar-refractivity contribution in [3.63, 3.8) is 0 Å². The number of anilines is 1. The van der Waals surface area contributed by atoms with Crippen LogP contribution in [0.1, 0.15) is 19.8 Å². The van der Waals surface area contributed by atoms with Crippen LogP contribution in [0.2, 0.25) is 0 Å². The molecule has 0 unspecified atom stereocenters. The van der Waals surface area contributed by atoms with Gasteiger partial charge in [0.2, 0.25) is 5.91 Å². The predicted octanol–water partition coefficient (Wildman–Crippen LogP) is 3.70. The van der Waals surface area contributed by atoms with Crippen molar-refractivity contribution in [3.05, 3.63) is 41.8 Å². The molecule has 2 aromatic rings. The van der Waals surface area contributed by atoms with Gasteiger partial charge in [0.1, 0.15) is 0 Å². The predicted molar refractivity (Wildman–Crippen MR) is 84.3 cm³/mol. The molecule has 0 saturated carbocycles. The first kappa shape index (κ1) is 15.3. The Hall–Kier alpha value is -2.14. The molecule has 0 aliphatic heterocycles. The second-order valence-corrected chi connectivity index (χ2v) is 5.32. The normalized spacial score (nSPS) is 10.1. The van der Waals surface area contributed by atoms with E-state index in [0.717, 1.165) is 16.1 Å². The lowest BCUT2D eigenvalue weighted by molar-refractivity contribution is -0.144. The number of nitrogens with one attached hydrogen (secondary N) is 1. The van der Waals surface area contributed by atoms with Gasteiger partial charge in [0.05, 0.1) is 13.0 Å². The lowest BCUT2D eigenvalue weighted by Crippen LogP contribution is -2.15. The molecule has 0 atom stereocenters. The van der Waals surface area contributed by atoms with Crippen molar-refractivity contribution in [1.82, 2.24) is 0 Å². The van der Waals surface area contributed by atoms with Crippen LogP contribution >= 0.6 is 11.3 Å². The van der Waals surface area contributed by atoms with E-state index >= 15 is 0 Å². The molecule has 0 aliphatic carbocycles. The third-order valence-corrected chi connectivity index (χ3v) is 3.75. The van der Waals surface area contributed by atoms with Gasteiger partial charge in [-0.3, -0.25) is 9.59 Å². The molecule has 0 spiro atoms. The number of carbonyl (C=O) groups excluding carboxylic acids is 2. The lowest BCUT2D eigenvalue weighted by Gasteiger charge is -2.09. The Kier molecular flexibility index (Phi) is 5.51. The van der Waals surface area contributed by atoms with Gasteiger partial charge in [-0.1, -0.05) is 24.3 Å². The van der Waals surface area contributed by atoms with Crippen molar-refractivity contribution in [3.8, 4) is 10.4 Å². The summed E-state index contributed by atoms with van der Waals surface area (Å²) >= 11 is 1.62. The standard InChI is InChI=1S/C16H17NO3S/c1-2-20-16(19)10-9-15(18)17-13-7-4-3-6-12(13)14-8-5-11-21-14/h3-8,11H,2,9-10H2,1H3,(H,17,18). The van der Waals surface area contributed by atoms with Crippen molar-refractivity contribution in [2.75, 3.05) is 11.9 Å². The number of amides is 1. The average Bonchev–Trinajstić information content (AvgIpc) is 3.00. The van der Waals surface area contributed by atoms with Gasteiger partial charge in [0, 0.05) is 22.5 Å². The summed E-state index contributed by atoms with van der Waals surface area (Å²) in [4.78, 5) is 24.3. The van der Waals surface area contributed by atoms with E-state index < -0.39 is 0 Å². The Morgan fingerprint density at radius 3 is 2.67 bits per heavy atom. The Morgan fingerprint density at radius 2 is 1.95 bits per heavy atom. The molecule has 0 aliphatic rings. The molecule has 5 heteroatoms. The Balaban J connectivity index is 2.00. The van der Waals surface area contributed by atoms with E-state index in [1.165, 1.54) is 0 Å². The average molecular weight is 303 g/mol. The number of hydrogen-bond acceptors (Lipinski definition) is 4. The lowest BCUT2D eigenvalue weighted by atomic mass is 10.1. The summed E-state index contributed by atoms with van der Waals surface area (Å²) in [7, 11) is 0. The van der Waals surface area contributed by atoms with Gasteiger partial charge in [0.25, 0.3) is 0 Å². The van der Waals surface area contributed by atoms with Crippen LogP contribution < -0.4 is 5.32 Å². The molecule has 1 aromatic carbocycles. The van der Waals surface area contributed by atoms with Crippen LogP contribution in [0, 0.1) is 0 Å². The van der Waals surface area contributed by atoms with Crippen molar-refractivity contribution >= 4 is 28.9 Å². The molecule has 21 heavy (non-hydrogen) atoms. The van der Waals surface area contributed by atoms with Gasteiger partial charge in [-0.25, -0.2) is 0 Å². The van der Waals surface area contributed by atoms with Gasteiger partial charge in [0.15, 0.2) is 0 Å². The fraction of sp³-hybridized carbons (Fsp3) is 0.250. The quantitative estimate of drug-likeness (QED) is 0.828. The van der Waals surface area contributed by atoms with E-state index in [0.29, 0.717) is 6.61 Å². The number of thiophene rings is 1. The van der Waals surface area contributed by atoms with Crippen molar-refractivity contribution in [1.29, 1.82) is 0 Å². The number of rotatable bonds is 6. The molecule has 0 saturated heterocycles. The second-order valence-electron chi connectivity index (χ2n) is 4.38. The minimum atomic E-state index is -0.348. The maximum atomic E-state index is 11.9. The van der Waals surface area contributed by atoms with Gasteiger partial charge in [-0.15, -0.1) is 11.3 Å². The summed E-state index contributed by atoms with van der Waals surface area (Å²) in [5.74, 6) is -0.536. The smallest absolute Gasteiger partial charge is 0.306 e.